The van der Waals surface area contributed by atoms with Gasteiger partial charge in [0, 0.05) is 17.5 Å². The fourth-order valence-corrected chi connectivity index (χ4v) is 4.15. The molecule has 1 aliphatic rings. The molecular formula is C18H19ClN2O4S. The third-order valence-electron chi connectivity index (χ3n) is 4.26. The molecule has 0 fully saturated rings. The minimum Gasteiger partial charge on any atom is -0.493 e. The number of ether oxygens (including phenoxy) is 1. The van der Waals surface area contributed by atoms with E-state index in [0.29, 0.717) is 23.8 Å². The molecule has 0 aromatic heterocycles. The number of hydrogen-bond acceptors (Lipinski definition) is 4. The van der Waals surface area contributed by atoms with Crippen molar-refractivity contribution in [2.24, 2.45) is 5.73 Å². The van der Waals surface area contributed by atoms with Crippen molar-refractivity contribution in [3.05, 3.63) is 58.6 Å². The topological polar surface area (TPSA) is 98.5 Å². The molecule has 1 unspecified atom stereocenters. The Morgan fingerprint density at radius 3 is 2.65 bits per heavy atom. The second-order valence-electron chi connectivity index (χ2n) is 6.16. The minimum absolute atomic E-state index is 0.0107. The van der Waals surface area contributed by atoms with Crippen molar-refractivity contribution in [1.82, 2.24) is 4.72 Å². The van der Waals surface area contributed by atoms with E-state index in [2.05, 4.69) is 4.72 Å². The van der Waals surface area contributed by atoms with Crippen molar-refractivity contribution in [1.29, 1.82) is 0 Å². The first kappa shape index (κ1) is 18.7. The molecule has 8 heteroatoms. The van der Waals surface area contributed by atoms with Gasteiger partial charge < -0.3 is 10.5 Å². The van der Waals surface area contributed by atoms with Crippen LogP contribution in [0.5, 0.6) is 5.75 Å². The van der Waals surface area contributed by atoms with Crippen LogP contribution in [0.2, 0.25) is 5.02 Å². The van der Waals surface area contributed by atoms with Crippen LogP contribution in [-0.4, -0.2) is 27.5 Å². The van der Waals surface area contributed by atoms with Crippen molar-refractivity contribution in [3.63, 3.8) is 0 Å². The molecule has 1 amide bonds. The van der Waals surface area contributed by atoms with Gasteiger partial charge in [-0.15, -0.1) is 0 Å². The van der Waals surface area contributed by atoms with E-state index in [4.69, 9.17) is 22.1 Å². The van der Waals surface area contributed by atoms with E-state index in [0.717, 1.165) is 11.1 Å². The van der Waals surface area contributed by atoms with Crippen molar-refractivity contribution >= 4 is 27.5 Å². The van der Waals surface area contributed by atoms with E-state index in [1.807, 2.05) is 12.1 Å². The molecule has 2 aromatic rings. The Morgan fingerprint density at radius 2 is 1.96 bits per heavy atom. The first-order valence-electron chi connectivity index (χ1n) is 8.14. The van der Waals surface area contributed by atoms with Crippen LogP contribution >= 0.6 is 11.6 Å². The number of halogens is 1. The lowest BCUT2D eigenvalue weighted by Crippen LogP contribution is -2.31. The van der Waals surface area contributed by atoms with Gasteiger partial charge in [0.25, 0.3) is 0 Å². The average molecular weight is 395 g/mol. The number of hydrogen-bond donors (Lipinski definition) is 2. The minimum atomic E-state index is -3.61. The number of nitrogens with two attached hydrogens (primary N) is 1. The van der Waals surface area contributed by atoms with E-state index in [-0.39, 0.29) is 23.8 Å². The van der Waals surface area contributed by atoms with Crippen LogP contribution in [0.3, 0.4) is 0 Å². The summed E-state index contributed by atoms with van der Waals surface area (Å²) in [5.41, 5.74) is 6.92. The number of carbonyl (C=O) groups excluding carboxylic acids is 1. The number of nitrogens with one attached hydrogen (secondary N) is 1. The SMILES string of the molecule is NC(=O)Cc1ccc2c(c1)OCCC2CNS(=O)(=O)c1ccc(Cl)cc1. The van der Waals surface area contributed by atoms with Gasteiger partial charge in [-0.25, -0.2) is 13.1 Å². The third kappa shape index (κ3) is 4.35. The number of amides is 1. The van der Waals surface area contributed by atoms with E-state index in [9.17, 15) is 13.2 Å². The second kappa shape index (κ2) is 7.65. The zero-order chi connectivity index (χ0) is 18.7. The van der Waals surface area contributed by atoms with E-state index in [1.165, 1.54) is 12.1 Å². The van der Waals surface area contributed by atoms with Crippen molar-refractivity contribution < 1.29 is 17.9 Å². The number of sulfonamides is 1. The molecule has 0 bridgehead atoms. The van der Waals surface area contributed by atoms with Gasteiger partial charge in [-0.05, 0) is 47.9 Å². The summed E-state index contributed by atoms with van der Waals surface area (Å²) in [6.07, 6.45) is 0.843. The zero-order valence-electron chi connectivity index (χ0n) is 13.9. The molecule has 2 aromatic carbocycles. The number of rotatable bonds is 6. The summed E-state index contributed by atoms with van der Waals surface area (Å²) in [5, 5.41) is 0.481. The fourth-order valence-electron chi connectivity index (χ4n) is 2.94. The normalized spacial score (nSPS) is 16.6. The van der Waals surface area contributed by atoms with E-state index in [1.54, 1.807) is 18.2 Å². The second-order valence-corrected chi connectivity index (χ2v) is 8.36. The van der Waals surface area contributed by atoms with Gasteiger partial charge in [-0.1, -0.05) is 23.7 Å². The molecule has 3 rings (SSSR count). The molecule has 0 aliphatic carbocycles. The Labute approximate surface area is 157 Å². The molecule has 0 radical (unpaired) electrons. The lowest BCUT2D eigenvalue weighted by Gasteiger charge is -2.26. The highest BCUT2D eigenvalue weighted by Crippen LogP contribution is 2.34. The first-order chi connectivity index (χ1) is 12.3. The number of fused-ring (bicyclic) bond motifs is 1. The van der Waals surface area contributed by atoms with Crippen LogP contribution < -0.4 is 15.2 Å². The van der Waals surface area contributed by atoms with E-state index >= 15 is 0 Å². The van der Waals surface area contributed by atoms with Gasteiger partial charge in [-0.3, -0.25) is 4.79 Å². The smallest absolute Gasteiger partial charge is 0.240 e. The average Bonchev–Trinajstić information content (AvgIpc) is 2.59. The first-order valence-corrected chi connectivity index (χ1v) is 10.0. The Hall–Kier alpha value is -2.09. The number of carbonyl (C=O) groups is 1. The predicted molar refractivity (Wildman–Crippen MR) is 98.8 cm³/mol. The highest BCUT2D eigenvalue weighted by atomic mass is 35.5. The van der Waals surface area contributed by atoms with E-state index < -0.39 is 15.9 Å². The maximum atomic E-state index is 12.4. The van der Waals surface area contributed by atoms with Gasteiger partial charge in [0.05, 0.1) is 17.9 Å². The molecule has 0 saturated carbocycles. The molecular weight excluding hydrogens is 376 g/mol. The van der Waals surface area contributed by atoms with Crippen LogP contribution in [0.1, 0.15) is 23.5 Å². The van der Waals surface area contributed by atoms with Gasteiger partial charge in [-0.2, -0.15) is 0 Å². The summed E-state index contributed by atoms with van der Waals surface area (Å²) in [6, 6.07) is 11.5. The van der Waals surface area contributed by atoms with Crippen molar-refractivity contribution in [2.75, 3.05) is 13.2 Å². The largest absolute Gasteiger partial charge is 0.493 e. The predicted octanol–water partition coefficient (Wildman–Crippen LogP) is 2.21. The summed E-state index contributed by atoms with van der Waals surface area (Å²) in [6.45, 7) is 0.747. The van der Waals surface area contributed by atoms with Crippen LogP contribution in [-0.2, 0) is 21.2 Å². The lowest BCUT2D eigenvalue weighted by atomic mass is 9.92. The summed E-state index contributed by atoms with van der Waals surface area (Å²) >= 11 is 5.80. The lowest BCUT2D eigenvalue weighted by molar-refractivity contribution is -0.117. The third-order valence-corrected chi connectivity index (χ3v) is 5.96. The molecule has 0 saturated heterocycles. The standard InChI is InChI=1S/C18H19ClN2O4S/c19-14-2-4-15(5-3-14)26(23,24)21-11-13-7-8-25-17-9-12(10-18(20)22)1-6-16(13)17/h1-6,9,13,21H,7-8,10-11H2,(H2,20,22). The molecule has 1 aliphatic heterocycles. The van der Waals surface area contributed by atoms with Crippen molar-refractivity contribution in [2.45, 2.75) is 23.7 Å². The number of benzene rings is 2. The summed E-state index contributed by atoms with van der Waals surface area (Å²) < 4.78 is 33.2. The molecule has 1 heterocycles. The van der Waals surface area contributed by atoms with Gasteiger partial charge in [0.15, 0.2) is 0 Å². The Morgan fingerprint density at radius 1 is 1.23 bits per heavy atom. The Balaban J connectivity index is 1.74. The van der Waals surface area contributed by atoms with Gasteiger partial charge in [0.1, 0.15) is 5.75 Å². The highest BCUT2D eigenvalue weighted by molar-refractivity contribution is 7.89. The summed E-state index contributed by atoms with van der Waals surface area (Å²) in [5.74, 6) is 0.252. The molecule has 26 heavy (non-hydrogen) atoms. The monoisotopic (exact) mass is 394 g/mol. The Kier molecular flexibility index (Phi) is 5.50. The summed E-state index contributed by atoms with van der Waals surface area (Å²) in [4.78, 5) is 11.2. The van der Waals surface area contributed by atoms with Gasteiger partial charge >= 0.3 is 0 Å². The number of primary amides is 1. The van der Waals surface area contributed by atoms with Crippen molar-refractivity contribution in [3.8, 4) is 5.75 Å². The van der Waals surface area contributed by atoms with Crippen LogP contribution in [0.25, 0.3) is 0 Å². The van der Waals surface area contributed by atoms with Crippen LogP contribution in [0.4, 0.5) is 0 Å². The Bertz CT molecular complexity index is 913. The van der Waals surface area contributed by atoms with Gasteiger partial charge in [0.2, 0.25) is 15.9 Å². The zero-order valence-corrected chi connectivity index (χ0v) is 15.5. The summed E-state index contributed by atoms with van der Waals surface area (Å²) in [7, 11) is -3.61. The molecule has 6 nitrogen and oxygen atoms in total. The molecule has 0 spiro atoms. The molecule has 3 N–H and O–H groups in total. The molecule has 138 valence electrons. The molecule has 1 atom stereocenters. The van der Waals surface area contributed by atoms with Crippen LogP contribution in [0, 0.1) is 0 Å². The maximum Gasteiger partial charge on any atom is 0.240 e. The maximum absolute atomic E-state index is 12.4. The quantitative estimate of drug-likeness (QED) is 0.784. The fraction of sp³-hybridized carbons (Fsp3) is 0.278. The van der Waals surface area contributed by atoms with Crippen LogP contribution in [0.15, 0.2) is 47.4 Å². The highest BCUT2D eigenvalue weighted by Gasteiger charge is 2.24.